The van der Waals surface area contributed by atoms with Gasteiger partial charge in [-0.15, -0.1) is 0 Å². The van der Waals surface area contributed by atoms with Crippen molar-refractivity contribution in [2.24, 2.45) is 0 Å². The van der Waals surface area contributed by atoms with Crippen molar-refractivity contribution in [2.75, 3.05) is 7.11 Å². The quantitative estimate of drug-likeness (QED) is 0.925. The van der Waals surface area contributed by atoms with Gasteiger partial charge in [0.2, 0.25) is 0 Å². The molecule has 1 aliphatic carbocycles. The van der Waals surface area contributed by atoms with Gasteiger partial charge in [0.25, 0.3) is 0 Å². The summed E-state index contributed by atoms with van der Waals surface area (Å²) in [6.07, 6.45) is 0.319. The largest absolute Gasteiger partial charge is 0.496 e. The lowest BCUT2D eigenvalue weighted by Gasteiger charge is -2.19. The number of amides is 1. The standard InChI is InChI=1S/C15H20FNO3/c1-15(2,3)20-14(18)17-12-8-10(12)11-7-9(16)5-6-13(11)19-4/h5-7,10,12H,8H2,1-4H3,(H,17,18)/t10-,12+/m1/s1. The summed E-state index contributed by atoms with van der Waals surface area (Å²) in [4.78, 5) is 11.7. The van der Waals surface area contributed by atoms with E-state index in [4.69, 9.17) is 9.47 Å². The molecule has 1 aliphatic rings. The van der Waals surface area contributed by atoms with Crippen LogP contribution in [0, 0.1) is 5.82 Å². The van der Waals surface area contributed by atoms with E-state index >= 15 is 0 Å². The predicted molar refractivity (Wildman–Crippen MR) is 73.5 cm³/mol. The Balaban J connectivity index is 1.98. The summed E-state index contributed by atoms with van der Waals surface area (Å²) in [6.45, 7) is 5.44. The normalized spacial score (nSPS) is 21.2. The van der Waals surface area contributed by atoms with Gasteiger partial charge in [-0.3, -0.25) is 0 Å². The number of carbonyl (C=O) groups excluding carboxylic acids is 1. The molecule has 2 atom stereocenters. The number of hydrogen-bond donors (Lipinski definition) is 1. The van der Waals surface area contributed by atoms with Crippen LogP contribution in [0.4, 0.5) is 9.18 Å². The monoisotopic (exact) mass is 281 g/mol. The molecule has 1 fully saturated rings. The molecule has 1 saturated carbocycles. The number of methoxy groups -OCH3 is 1. The Bertz CT molecular complexity index is 510. The van der Waals surface area contributed by atoms with Crippen molar-refractivity contribution in [3.8, 4) is 5.75 Å². The molecule has 0 bridgehead atoms. The molecule has 0 radical (unpaired) electrons. The van der Waals surface area contributed by atoms with E-state index in [1.54, 1.807) is 13.2 Å². The molecular formula is C15H20FNO3. The maximum atomic E-state index is 13.3. The first-order valence-electron chi connectivity index (χ1n) is 6.63. The molecule has 0 saturated heterocycles. The highest BCUT2D eigenvalue weighted by atomic mass is 19.1. The van der Waals surface area contributed by atoms with E-state index in [1.807, 2.05) is 20.8 Å². The summed E-state index contributed by atoms with van der Waals surface area (Å²) in [7, 11) is 1.55. The molecule has 1 aromatic rings. The molecular weight excluding hydrogens is 261 g/mol. The third kappa shape index (κ3) is 3.62. The second kappa shape index (κ2) is 5.31. The zero-order valence-electron chi connectivity index (χ0n) is 12.2. The second-order valence-electron chi connectivity index (χ2n) is 5.98. The Kier molecular flexibility index (Phi) is 3.88. The fraction of sp³-hybridized carbons (Fsp3) is 0.533. The number of halogens is 1. The van der Waals surface area contributed by atoms with Crippen molar-refractivity contribution in [3.05, 3.63) is 29.6 Å². The highest BCUT2D eigenvalue weighted by Crippen LogP contribution is 2.45. The van der Waals surface area contributed by atoms with Gasteiger partial charge in [0.05, 0.1) is 7.11 Å². The van der Waals surface area contributed by atoms with Crippen LogP contribution in [-0.4, -0.2) is 24.8 Å². The molecule has 110 valence electrons. The van der Waals surface area contributed by atoms with E-state index < -0.39 is 11.7 Å². The van der Waals surface area contributed by atoms with E-state index in [1.165, 1.54) is 12.1 Å². The van der Waals surface area contributed by atoms with Crippen LogP contribution in [0.2, 0.25) is 0 Å². The molecule has 20 heavy (non-hydrogen) atoms. The fourth-order valence-corrected chi connectivity index (χ4v) is 2.15. The summed E-state index contributed by atoms with van der Waals surface area (Å²) < 4.78 is 23.7. The minimum atomic E-state index is -0.523. The van der Waals surface area contributed by atoms with Crippen LogP contribution in [0.5, 0.6) is 5.75 Å². The Morgan fingerprint density at radius 1 is 1.40 bits per heavy atom. The van der Waals surface area contributed by atoms with Crippen molar-refractivity contribution in [2.45, 2.75) is 44.8 Å². The number of benzene rings is 1. The number of hydrogen-bond acceptors (Lipinski definition) is 3. The fourth-order valence-electron chi connectivity index (χ4n) is 2.15. The first-order chi connectivity index (χ1) is 9.30. The number of ether oxygens (including phenoxy) is 2. The summed E-state index contributed by atoms with van der Waals surface area (Å²) in [5.74, 6) is 0.418. The minimum Gasteiger partial charge on any atom is -0.496 e. The topological polar surface area (TPSA) is 47.6 Å². The Hall–Kier alpha value is -1.78. The van der Waals surface area contributed by atoms with Crippen LogP contribution < -0.4 is 10.1 Å². The van der Waals surface area contributed by atoms with Gasteiger partial charge in [-0.2, -0.15) is 0 Å². The van der Waals surface area contributed by atoms with Crippen molar-refractivity contribution >= 4 is 6.09 Å². The SMILES string of the molecule is COc1ccc(F)cc1[C@H]1C[C@@H]1NC(=O)OC(C)(C)C. The lowest BCUT2D eigenvalue weighted by molar-refractivity contribution is 0.0522. The molecule has 1 amide bonds. The average Bonchev–Trinajstić information content (AvgIpc) is 3.05. The summed E-state index contributed by atoms with van der Waals surface area (Å²) in [6, 6.07) is 4.40. The zero-order valence-corrected chi connectivity index (χ0v) is 12.2. The molecule has 2 rings (SSSR count). The third-order valence-electron chi connectivity index (χ3n) is 3.08. The number of carbonyl (C=O) groups is 1. The van der Waals surface area contributed by atoms with Gasteiger partial charge in [0.1, 0.15) is 17.2 Å². The van der Waals surface area contributed by atoms with E-state index in [0.717, 1.165) is 12.0 Å². The van der Waals surface area contributed by atoms with Crippen molar-refractivity contribution in [3.63, 3.8) is 0 Å². The predicted octanol–water partition coefficient (Wildman–Crippen LogP) is 3.21. The smallest absolute Gasteiger partial charge is 0.407 e. The number of alkyl carbamates (subject to hydrolysis) is 1. The van der Waals surface area contributed by atoms with Gasteiger partial charge in [-0.1, -0.05) is 0 Å². The first-order valence-corrected chi connectivity index (χ1v) is 6.63. The van der Waals surface area contributed by atoms with Crippen LogP contribution in [-0.2, 0) is 4.74 Å². The van der Waals surface area contributed by atoms with Gasteiger partial charge in [-0.05, 0) is 45.4 Å². The summed E-state index contributed by atoms with van der Waals surface area (Å²) in [5, 5.41) is 2.79. The van der Waals surface area contributed by atoms with Gasteiger partial charge in [0.15, 0.2) is 0 Å². The summed E-state index contributed by atoms with van der Waals surface area (Å²) in [5.41, 5.74) is 0.263. The Morgan fingerprint density at radius 2 is 2.10 bits per heavy atom. The maximum absolute atomic E-state index is 13.3. The number of nitrogens with one attached hydrogen (secondary N) is 1. The maximum Gasteiger partial charge on any atom is 0.407 e. The average molecular weight is 281 g/mol. The molecule has 1 aromatic carbocycles. The minimum absolute atomic E-state index is 0.0273. The molecule has 1 N–H and O–H groups in total. The highest BCUT2D eigenvalue weighted by Gasteiger charge is 2.42. The number of rotatable bonds is 3. The molecule has 0 spiro atoms. The second-order valence-corrected chi connectivity index (χ2v) is 5.98. The van der Waals surface area contributed by atoms with Gasteiger partial charge >= 0.3 is 6.09 Å². The van der Waals surface area contributed by atoms with Crippen molar-refractivity contribution in [1.82, 2.24) is 5.32 Å². The van der Waals surface area contributed by atoms with Gasteiger partial charge in [-0.25, -0.2) is 9.18 Å². The van der Waals surface area contributed by atoms with E-state index in [9.17, 15) is 9.18 Å². The van der Waals surface area contributed by atoms with E-state index in [2.05, 4.69) is 5.32 Å². The lowest BCUT2D eigenvalue weighted by atomic mass is 10.1. The Labute approximate surface area is 118 Å². The van der Waals surface area contributed by atoms with E-state index in [-0.39, 0.29) is 17.8 Å². The molecule has 0 aliphatic heterocycles. The first kappa shape index (κ1) is 14.6. The molecule has 4 nitrogen and oxygen atoms in total. The third-order valence-corrected chi connectivity index (χ3v) is 3.08. The molecule has 0 unspecified atom stereocenters. The lowest BCUT2D eigenvalue weighted by Crippen LogP contribution is -2.34. The van der Waals surface area contributed by atoms with Crippen LogP contribution in [0.15, 0.2) is 18.2 Å². The Morgan fingerprint density at radius 3 is 2.70 bits per heavy atom. The van der Waals surface area contributed by atoms with E-state index in [0.29, 0.717) is 5.75 Å². The van der Waals surface area contributed by atoms with Crippen LogP contribution >= 0.6 is 0 Å². The zero-order chi connectivity index (χ0) is 14.9. The van der Waals surface area contributed by atoms with Crippen molar-refractivity contribution in [1.29, 1.82) is 0 Å². The molecule has 5 heteroatoms. The van der Waals surface area contributed by atoms with Crippen LogP contribution in [0.3, 0.4) is 0 Å². The molecule has 0 heterocycles. The van der Waals surface area contributed by atoms with Crippen molar-refractivity contribution < 1.29 is 18.7 Å². The molecule has 0 aromatic heterocycles. The highest BCUT2D eigenvalue weighted by molar-refractivity contribution is 5.69. The van der Waals surface area contributed by atoms with Crippen LogP contribution in [0.1, 0.15) is 38.7 Å². The van der Waals surface area contributed by atoms with Gasteiger partial charge in [0, 0.05) is 17.5 Å². The summed E-state index contributed by atoms with van der Waals surface area (Å²) >= 11 is 0. The van der Waals surface area contributed by atoms with Gasteiger partial charge < -0.3 is 14.8 Å². The van der Waals surface area contributed by atoms with Crippen LogP contribution in [0.25, 0.3) is 0 Å².